The highest BCUT2D eigenvalue weighted by molar-refractivity contribution is 5.95. The maximum Gasteiger partial charge on any atom is 0.415 e. The van der Waals surface area contributed by atoms with E-state index in [4.69, 9.17) is 15.7 Å². The molecule has 1 aromatic rings. The quantitative estimate of drug-likeness (QED) is 0.825. The van der Waals surface area contributed by atoms with Crippen LogP contribution >= 0.6 is 0 Å². The monoisotopic (exact) mass is 330 g/mol. The van der Waals surface area contributed by atoms with Gasteiger partial charge < -0.3 is 15.4 Å². The van der Waals surface area contributed by atoms with E-state index in [1.54, 1.807) is 17.0 Å². The van der Waals surface area contributed by atoms with Crippen LogP contribution in [0.4, 0.5) is 14.9 Å². The number of nitrogens with zero attached hydrogens (tertiary/aromatic N) is 3. The maximum absolute atomic E-state index is 14.5. The summed E-state index contributed by atoms with van der Waals surface area (Å²) >= 11 is 0. The number of piperidine rings is 1. The lowest BCUT2D eigenvalue weighted by Gasteiger charge is -2.16. The molecule has 8 heteroatoms. The molecule has 2 saturated heterocycles. The van der Waals surface area contributed by atoms with Crippen LogP contribution in [-0.4, -0.2) is 42.6 Å². The van der Waals surface area contributed by atoms with Gasteiger partial charge in [-0.3, -0.25) is 9.69 Å². The Kier molecular flexibility index (Phi) is 3.13. The molecule has 7 nitrogen and oxygen atoms in total. The molecule has 2 N–H and O–H groups in total. The summed E-state index contributed by atoms with van der Waals surface area (Å²) < 4.78 is 19.4. The Morgan fingerprint density at radius 1 is 1.33 bits per heavy atom. The zero-order chi connectivity index (χ0) is 17.0. The summed E-state index contributed by atoms with van der Waals surface area (Å²) in [4.78, 5) is 25.8. The van der Waals surface area contributed by atoms with Crippen LogP contribution in [0.3, 0.4) is 0 Å². The molecule has 3 aliphatic rings. The van der Waals surface area contributed by atoms with E-state index in [0.717, 1.165) is 0 Å². The van der Waals surface area contributed by atoms with Crippen molar-refractivity contribution in [1.29, 1.82) is 5.26 Å². The van der Waals surface area contributed by atoms with Crippen LogP contribution in [0.15, 0.2) is 18.2 Å². The first kappa shape index (κ1) is 14.8. The second-order valence-electron chi connectivity index (χ2n) is 6.45. The fourth-order valence-corrected chi connectivity index (χ4v) is 3.85. The van der Waals surface area contributed by atoms with E-state index in [9.17, 15) is 14.0 Å². The average Bonchev–Trinajstić information content (AvgIpc) is 2.90. The molecule has 1 aromatic carbocycles. The molecule has 0 aromatic heterocycles. The summed E-state index contributed by atoms with van der Waals surface area (Å²) in [5.41, 5.74) is 6.09. The van der Waals surface area contributed by atoms with Crippen molar-refractivity contribution in [2.75, 3.05) is 24.5 Å². The Hall–Kier alpha value is -2.82. The van der Waals surface area contributed by atoms with Gasteiger partial charge in [0, 0.05) is 13.1 Å². The summed E-state index contributed by atoms with van der Waals surface area (Å²) in [5, 5.41) is 8.88. The van der Waals surface area contributed by atoms with Gasteiger partial charge >= 0.3 is 6.09 Å². The molecular weight excluding hydrogens is 315 g/mol. The number of amides is 2. The minimum Gasteiger partial charge on any atom is -0.434 e. The second kappa shape index (κ2) is 5.09. The van der Waals surface area contributed by atoms with Crippen molar-refractivity contribution >= 4 is 17.7 Å². The van der Waals surface area contributed by atoms with E-state index >= 15 is 0 Å². The number of anilines is 1. The highest BCUT2D eigenvalue weighted by Gasteiger charge is 2.57. The molecule has 2 amide bonds. The third-order valence-corrected chi connectivity index (χ3v) is 5.12. The molecule has 1 aliphatic carbocycles. The molecule has 0 radical (unpaired) electrons. The Morgan fingerprint density at radius 2 is 2.04 bits per heavy atom. The number of fused-ring (bicyclic) bond motifs is 1. The van der Waals surface area contributed by atoms with Crippen LogP contribution in [0.5, 0.6) is 0 Å². The van der Waals surface area contributed by atoms with E-state index in [1.807, 2.05) is 0 Å². The number of benzene rings is 1. The molecule has 2 unspecified atom stereocenters. The minimum absolute atomic E-state index is 0.0151. The van der Waals surface area contributed by atoms with Crippen molar-refractivity contribution in [3.05, 3.63) is 29.6 Å². The van der Waals surface area contributed by atoms with Crippen LogP contribution in [0.1, 0.15) is 11.5 Å². The van der Waals surface area contributed by atoms with Crippen LogP contribution in [0.25, 0.3) is 0 Å². The van der Waals surface area contributed by atoms with E-state index < -0.39 is 18.1 Å². The maximum atomic E-state index is 14.5. The molecule has 0 spiro atoms. The summed E-state index contributed by atoms with van der Waals surface area (Å²) in [5.74, 6) is -0.337. The number of primary amides is 1. The van der Waals surface area contributed by atoms with Crippen molar-refractivity contribution in [3.63, 3.8) is 0 Å². The average molecular weight is 330 g/mol. The molecule has 2 heterocycles. The van der Waals surface area contributed by atoms with Gasteiger partial charge in [0.25, 0.3) is 5.91 Å². The third-order valence-electron chi connectivity index (χ3n) is 5.12. The standard InChI is InChI=1S/C16H15FN4O3/c17-12-3-8(21-6-13(15(19)22)24-16(21)23)1-2-9(12)14-10-4-20(7-18)5-11(10)14/h1-3,10-11,13-14H,4-6H2,(H2,19,22)/t10?,11?,13-,14?/m1/s1. The number of likely N-dealkylation sites (tertiary alicyclic amines) is 1. The SMILES string of the molecule is N#CN1CC2C(C1)C2c1ccc(N2C[C@H](C(N)=O)OC2=O)cc1F. The van der Waals surface area contributed by atoms with Crippen molar-refractivity contribution in [1.82, 2.24) is 4.90 Å². The first-order valence-electron chi connectivity index (χ1n) is 7.71. The smallest absolute Gasteiger partial charge is 0.415 e. The zero-order valence-electron chi connectivity index (χ0n) is 12.7. The summed E-state index contributed by atoms with van der Waals surface area (Å²) in [6.45, 7) is 1.33. The fourth-order valence-electron chi connectivity index (χ4n) is 3.85. The number of cyclic esters (lactones) is 1. The molecule has 2 aliphatic heterocycles. The topological polar surface area (TPSA) is 99.7 Å². The number of nitrogens with two attached hydrogens (primary N) is 1. The lowest BCUT2D eigenvalue weighted by molar-refractivity contribution is -0.124. The largest absolute Gasteiger partial charge is 0.434 e. The highest BCUT2D eigenvalue weighted by Crippen LogP contribution is 2.58. The molecular formula is C16H15FN4O3. The number of carbonyl (C=O) groups is 2. The lowest BCUT2D eigenvalue weighted by Crippen LogP contribution is -2.32. The van der Waals surface area contributed by atoms with Crippen molar-refractivity contribution in [2.45, 2.75) is 12.0 Å². The molecule has 24 heavy (non-hydrogen) atoms. The minimum atomic E-state index is -1.01. The normalized spacial score (nSPS) is 30.8. The van der Waals surface area contributed by atoms with Gasteiger partial charge in [-0.15, -0.1) is 0 Å². The van der Waals surface area contributed by atoms with Crippen LogP contribution in [0.2, 0.25) is 0 Å². The van der Waals surface area contributed by atoms with Gasteiger partial charge in [0.1, 0.15) is 5.82 Å². The Balaban J connectivity index is 1.51. The number of ether oxygens (including phenoxy) is 1. The van der Waals surface area contributed by atoms with Gasteiger partial charge in [-0.25, -0.2) is 9.18 Å². The molecule has 124 valence electrons. The number of hydrogen-bond acceptors (Lipinski definition) is 5. The van der Waals surface area contributed by atoms with E-state index in [1.165, 1.54) is 11.0 Å². The van der Waals surface area contributed by atoms with Gasteiger partial charge in [0.05, 0.1) is 12.2 Å². The first-order chi connectivity index (χ1) is 11.5. The van der Waals surface area contributed by atoms with E-state index in [2.05, 4.69) is 6.19 Å². The lowest BCUT2D eigenvalue weighted by atomic mass is 10.1. The van der Waals surface area contributed by atoms with Crippen molar-refractivity contribution in [2.24, 2.45) is 17.6 Å². The van der Waals surface area contributed by atoms with Gasteiger partial charge in [-0.1, -0.05) is 6.07 Å². The predicted molar refractivity (Wildman–Crippen MR) is 80.1 cm³/mol. The number of halogens is 1. The fraction of sp³-hybridized carbons (Fsp3) is 0.438. The molecule has 3 fully saturated rings. The first-order valence-corrected chi connectivity index (χ1v) is 7.71. The van der Waals surface area contributed by atoms with Gasteiger partial charge in [-0.05, 0) is 35.4 Å². The Morgan fingerprint density at radius 3 is 2.58 bits per heavy atom. The van der Waals surface area contributed by atoms with Crippen molar-refractivity contribution in [3.8, 4) is 6.19 Å². The van der Waals surface area contributed by atoms with Gasteiger partial charge in [0.15, 0.2) is 12.3 Å². The summed E-state index contributed by atoms with van der Waals surface area (Å²) in [6, 6.07) is 4.62. The third kappa shape index (κ3) is 2.16. The van der Waals surface area contributed by atoms with Crippen LogP contribution in [0, 0.1) is 29.1 Å². The Bertz CT molecular complexity index is 765. The number of rotatable bonds is 3. The van der Waals surface area contributed by atoms with Gasteiger partial charge in [-0.2, -0.15) is 5.26 Å². The highest BCUT2D eigenvalue weighted by atomic mass is 19.1. The van der Waals surface area contributed by atoms with Gasteiger partial charge in [0.2, 0.25) is 0 Å². The molecule has 0 bridgehead atoms. The van der Waals surface area contributed by atoms with Crippen LogP contribution in [-0.2, 0) is 9.53 Å². The molecule has 3 atom stereocenters. The molecule has 1 saturated carbocycles. The summed E-state index contributed by atoms with van der Waals surface area (Å²) in [6.07, 6.45) is 0.396. The van der Waals surface area contributed by atoms with E-state index in [0.29, 0.717) is 36.2 Å². The summed E-state index contributed by atoms with van der Waals surface area (Å²) in [7, 11) is 0. The molecule has 4 rings (SSSR count). The number of nitriles is 1. The second-order valence-corrected chi connectivity index (χ2v) is 6.45. The van der Waals surface area contributed by atoms with E-state index in [-0.39, 0.29) is 18.3 Å². The number of hydrogen-bond donors (Lipinski definition) is 1. The Labute approximate surface area is 137 Å². The predicted octanol–water partition coefficient (Wildman–Crippen LogP) is 0.762. The number of carbonyl (C=O) groups excluding carboxylic acids is 2. The zero-order valence-corrected chi connectivity index (χ0v) is 12.7. The van der Waals surface area contributed by atoms with Crippen molar-refractivity contribution < 1.29 is 18.7 Å². The van der Waals surface area contributed by atoms with Crippen LogP contribution < -0.4 is 10.6 Å².